The number of nitrogens with one attached hydrogen (secondary N) is 2. The van der Waals surface area contributed by atoms with Gasteiger partial charge in [0.15, 0.2) is 11.5 Å². The summed E-state index contributed by atoms with van der Waals surface area (Å²) in [6, 6.07) is 9.95. The van der Waals surface area contributed by atoms with Gasteiger partial charge in [-0.1, -0.05) is 38.1 Å². The van der Waals surface area contributed by atoms with E-state index in [0.29, 0.717) is 28.3 Å². The second kappa shape index (κ2) is 10.4. The van der Waals surface area contributed by atoms with Gasteiger partial charge in [-0.3, -0.25) is 0 Å². The molecular weight excluding hydrogens is 427 g/mol. The van der Waals surface area contributed by atoms with Gasteiger partial charge in [0.25, 0.3) is 0 Å². The standard InChI is InChI=1S/C25H29FN2O5/c1-14(2)21-20(24(29)33-15(3)4)22(28-25(30)27-21)18-7-6-8-19(31-5)23(18)32-13-16-9-11-17(26)12-10-16/h6-12,14-15,22H,13H2,1-5H3,(H2,27,28,30). The van der Waals surface area contributed by atoms with Gasteiger partial charge in [-0.2, -0.15) is 0 Å². The number of urea groups is 1. The molecule has 1 aliphatic heterocycles. The minimum absolute atomic E-state index is 0.137. The van der Waals surface area contributed by atoms with Crippen molar-refractivity contribution in [1.82, 2.24) is 10.6 Å². The molecule has 0 saturated carbocycles. The number of esters is 1. The monoisotopic (exact) mass is 456 g/mol. The van der Waals surface area contributed by atoms with Gasteiger partial charge in [0, 0.05) is 11.3 Å². The van der Waals surface area contributed by atoms with Crippen LogP contribution in [0, 0.1) is 11.7 Å². The molecule has 0 radical (unpaired) electrons. The third-order valence-corrected chi connectivity index (χ3v) is 5.08. The average molecular weight is 457 g/mol. The number of methoxy groups -OCH3 is 1. The molecule has 0 fully saturated rings. The number of amides is 2. The van der Waals surface area contributed by atoms with Crippen molar-refractivity contribution in [3.05, 3.63) is 70.7 Å². The molecule has 2 aromatic rings. The molecule has 2 aromatic carbocycles. The summed E-state index contributed by atoms with van der Waals surface area (Å²) in [5, 5.41) is 5.58. The van der Waals surface area contributed by atoms with E-state index in [4.69, 9.17) is 14.2 Å². The number of rotatable bonds is 8. The molecule has 176 valence electrons. The van der Waals surface area contributed by atoms with Crippen LogP contribution in [0.5, 0.6) is 11.5 Å². The molecule has 8 heteroatoms. The van der Waals surface area contributed by atoms with Crippen molar-refractivity contribution in [1.29, 1.82) is 0 Å². The van der Waals surface area contributed by atoms with E-state index < -0.39 is 18.0 Å². The van der Waals surface area contributed by atoms with Crippen LogP contribution in [0.2, 0.25) is 0 Å². The van der Waals surface area contributed by atoms with E-state index in [1.165, 1.54) is 19.2 Å². The summed E-state index contributed by atoms with van der Waals surface area (Å²) >= 11 is 0. The number of halogens is 1. The van der Waals surface area contributed by atoms with Crippen molar-refractivity contribution in [3.8, 4) is 11.5 Å². The minimum Gasteiger partial charge on any atom is -0.493 e. The predicted molar refractivity (Wildman–Crippen MR) is 121 cm³/mol. The lowest BCUT2D eigenvalue weighted by molar-refractivity contribution is -0.143. The van der Waals surface area contributed by atoms with Gasteiger partial charge in [0.1, 0.15) is 12.4 Å². The van der Waals surface area contributed by atoms with Gasteiger partial charge in [0.05, 0.1) is 24.8 Å². The Morgan fingerprint density at radius 3 is 2.39 bits per heavy atom. The molecule has 2 N–H and O–H groups in total. The third kappa shape index (κ3) is 5.63. The molecule has 0 aromatic heterocycles. The fourth-order valence-corrected chi connectivity index (χ4v) is 3.59. The van der Waals surface area contributed by atoms with Crippen LogP contribution in [-0.2, 0) is 16.1 Å². The van der Waals surface area contributed by atoms with E-state index in [0.717, 1.165) is 5.56 Å². The van der Waals surface area contributed by atoms with Gasteiger partial charge in [-0.15, -0.1) is 0 Å². The molecule has 1 aliphatic rings. The zero-order valence-electron chi connectivity index (χ0n) is 19.4. The Kier molecular flexibility index (Phi) is 7.58. The molecular formula is C25H29FN2O5. The van der Waals surface area contributed by atoms with Crippen molar-refractivity contribution < 1.29 is 28.2 Å². The molecule has 1 unspecified atom stereocenters. The van der Waals surface area contributed by atoms with Crippen molar-refractivity contribution in [3.63, 3.8) is 0 Å². The number of hydrogen-bond donors (Lipinski definition) is 2. The number of carbonyl (C=O) groups is 2. The van der Waals surface area contributed by atoms with Gasteiger partial charge < -0.3 is 24.8 Å². The molecule has 1 atom stereocenters. The molecule has 33 heavy (non-hydrogen) atoms. The Hall–Kier alpha value is -3.55. The largest absolute Gasteiger partial charge is 0.493 e. The number of hydrogen-bond acceptors (Lipinski definition) is 5. The van der Waals surface area contributed by atoms with Crippen molar-refractivity contribution in [2.45, 2.75) is 46.4 Å². The minimum atomic E-state index is -0.819. The SMILES string of the molecule is COc1cccc(C2NC(=O)NC(C(C)C)=C2C(=O)OC(C)C)c1OCc1ccc(F)cc1. The van der Waals surface area contributed by atoms with Crippen molar-refractivity contribution in [2.24, 2.45) is 5.92 Å². The molecule has 0 aliphatic carbocycles. The van der Waals surface area contributed by atoms with Crippen molar-refractivity contribution >= 4 is 12.0 Å². The smallest absolute Gasteiger partial charge is 0.338 e. The van der Waals surface area contributed by atoms with Crippen LogP contribution in [0.3, 0.4) is 0 Å². The average Bonchev–Trinajstić information content (AvgIpc) is 2.77. The maximum Gasteiger partial charge on any atom is 0.338 e. The van der Waals surface area contributed by atoms with E-state index in [1.807, 2.05) is 13.8 Å². The third-order valence-electron chi connectivity index (χ3n) is 5.08. The van der Waals surface area contributed by atoms with Gasteiger partial charge in [-0.05, 0) is 43.5 Å². The lowest BCUT2D eigenvalue weighted by atomic mass is 9.90. The molecule has 0 bridgehead atoms. The number of benzene rings is 2. The second-order valence-corrected chi connectivity index (χ2v) is 8.26. The highest BCUT2D eigenvalue weighted by molar-refractivity contribution is 5.95. The normalized spacial score (nSPS) is 15.9. The first-order chi connectivity index (χ1) is 15.7. The van der Waals surface area contributed by atoms with Crippen LogP contribution in [0.25, 0.3) is 0 Å². The topological polar surface area (TPSA) is 85.9 Å². The second-order valence-electron chi connectivity index (χ2n) is 8.26. The summed E-state index contributed by atoms with van der Waals surface area (Å²) in [6.45, 7) is 7.44. The first kappa shape index (κ1) is 24.1. The lowest BCUT2D eigenvalue weighted by Crippen LogP contribution is -2.47. The first-order valence-electron chi connectivity index (χ1n) is 10.8. The zero-order valence-corrected chi connectivity index (χ0v) is 19.4. The Balaban J connectivity index is 2.08. The Morgan fingerprint density at radius 1 is 1.09 bits per heavy atom. The summed E-state index contributed by atoms with van der Waals surface area (Å²) in [5.41, 5.74) is 2.08. The molecule has 1 heterocycles. The number of carbonyl (C=O) groups excluding carboxylic acids is 2. The highest BCUT2D eigenvalue weighted by atomic mass is 19.1. The number of allylic oxidation sites excluding steroid dienone is 1. The lowest BCUT2D eigenvalue weighted by Gasteiger charge is -2.32. The fraction of sp³-hybridized carbons (Fsp3) is 0.360. The van der Waals surface area contributed by atoms with Gasteiger partial charge in [0.2, 0.25) is 0 Å². The van der Waals surface area contributed by atoms with Crippen LogP contribution in [0.15, 0.2) is 53.7 Å². The first-order valence-corrected chi connectivity index (χ1v) is 10.8. The molecule has 3 rings (SSSR count). The van der Waals surface area contributed by atoms with E-state index in [9.17, 15) is 14.0 Å². The molecule has 0 spiro atoms. The molecule has 2 amide bonds. The summed E-state index contributed by atoms with van der Waals surface area (Å²) in [4.78, 5) is 25.6. The van der Waals surface area contributed by atoms with E-state index in [2.05, 4.69) is 10.6 Å². The van der Waals surface area contributed by atoms with Crippen LogP contribution >= 0.6 is 0 Å². The zero-order chi connectivity index (χ0) is 24.1. The number of para-hydroxylation sites is 1. The molecule has 7 nitrogen and oxygen atoms in total. The summed E-state index contributed by atoms with van der Waals surface area (Å²) in [7, 11) is 1.51. The summed E-state index contributed by atoms with van der Waals surface area (Å²) in [5.74, 6) is -0.200. The van der Waals surface area contributed by atoms with E-state index >= 15 is 0 Å². The Labute approximate surface area is 192 Å². The predicted octanol–water partition coefficient (Wildman–Crippen LogP) is 4.63. The Bertz CT molecular complexity index is 1050. The van der Waals surface area contributed by atoms with E-state index in [1.54, 1.807) is 44.2 Å². The highest BCUT2D eigenvalue weighted by Gasteiger charge is 2.37. The van der Waals surface area contributed by atoms with Crippen LogP contribution < -0.4 is 20.1 Å². The van der Waals surface area contributed by atoms with Crippen LogP contribution in [-0.4, -0.2) is 25.2 Å². The fourth-order valence-electron chi connectivity index (χ4n) is 3.59. The van der Waals surface area contributed by atoms with E-state index in [-0.39, 0.29) is 24.4 Å². The highest BCUT2D eigenvalue weighted by Crippen LogP contribution is 2.40. The van der Waals surface area contributed by atoms with Crippen LogP contribution in [0.4, 0.5) is 9.18 Å². The quantitative estimate of drug-likeness (QED) is 0.566. The maximum absolute atomic E-state index is 13.3. The summed E-state index contributed by atoms with van der Waals surface area (Å²) < 4.78 is 30.4. The van der Waals surface area contributed by atoms with Gasteiger partial charge >= 0.3 is 12.0 Å². The number of ether oxygens (including phenoxy) is 3. The molecule has 0 saturated heterocycles. The maximum atomic E-state index is 13.3. The summed E-state index contributed by atoms with van der Waals surface area (Å²) in [6.07, 6.45) is -0.337. The van der Waals surface area contributed by atoms with Crippen molar-refractivity contribution in [2.75, 3.05) is 7.11 Å². The van der Waals surface area contributed by atoms with Gasteiger partial charge in [-0.25, -0.2) is 14.0 Å². The van der Waals surface area contributed by atoms with Crippen LogP contribution in [0.1, 0.15) is 44.9 Å². The Morgan fingerprint density at radius 2 is 1.79 bits per heavy atom.